The molecular formula is C14H11BS. The molecule has 0 aliphatic heterocycles. The van der Waals surface area contributed by atoms with Gasteiger partial charge >= 0.3 is 0 Å². The zero-order valence-corrected chi connectivity index (χ0v) is 9.71. The Labute approximate surface area is 101 Å². The molecule has 1 atom stereocenters. The molecule has 0 fully saturated rings. The van der Waals surface area contributed by atoms with Crippen molar-refractivity contribution < 1.29 is 0 Å². The van der Waals surface area contributed by atoms with E-state index in [1.165, 1.54) is 22.3 Å². The third-order valence-electron chi connectivity index (χ3n) is 2.93. The fourth-order valence-corrected chi connectivity index (χ4v) is 2.78. The van der Waals surface area contributed by atoms with Crippen LogP contribution in [0.15, 0.2) is 52.7 Å². The van der Waals surface area contributed by atoms with Crippen LogP contribution in [0.5, 0.6) is 0 Å². The van der Waals surface area contributed by atoms with Crippen molar-refractivity contribution in [2.24, 2.45) is 0 Å². The molecule has 0 spiro atoms. The lowest BCUT2D eigenvalue weighted by molar-refractivity contribution is 1.21. The van der Waals surface area contributed by atoms with Gasteiger partial charge in [0.15, 0.2) is 0 Å². The van der Waals surface area contributed by atoms with E-state index < -0.39 is 0 Å². The van der Waals surface area contributed by atoms with Crippen molar-refractivity contribution in [3.63, 3.8) is 0 Å². The predicted octanol–water partition coefficient (Wildman–Crippen LogP) is 3.85. The molecule has 0 amide bonds. The predicted molar refractivity (Wildman–Crippen MR) is 71.0 cm³/mol. The van der Waals surface area contributed by atoms with Crippen LogP contribution in [0.3, 0.4) is 0 Å². The van der Waals surface area contributed by atoms with Crippen molar-refractivity contribution in [2.75, 3.05) is 0 Å². The standard InChI is InChI=1S/C14H11BS/c15-14-7-11(14)6-12-8-16-9-13(12)10-4-2-1-3-5-10/h1-5,7-9,14H,6H2. The van der Waals surface area contributed by atoms with E-state index in [1.54, 1.807) is 11.3 Å². The maximum Gasteiger partial charge on any atom is 0.0815 e. The molecule has 1 aliphatic carbocycles. The lowest BCUT2D eigenvalue weighted by Gasteiger charge is -2.02. The first-order chi connectivity index (χ1) is 7.84. The first-order valence-corrected chi connectivity index (χ1v) is 6.35. The van der Waals surface area contributed by atoms with E-state index in [4.69, 9.17) is 7.85 Å². The molecule has 0 bridgehead atoms. The molecule has 2 radical (unpaired) electrons. The first kappa shape index (κ1) is 9.92. The third kappa shape index (κ3) is 1.85. The Morgan fingerprint density at radius 2 is 1.88 bits per heavy atom. The maximum absolute atomic E-state index is 5.78. The average Bonchev–Trinajstić information content (AvgIpc) is 2.82. The van der Waals surface area contributed by atoms with Crippen LogP contribution < -0.4 is 0 Å². The molecule has 0 N–H and O–H groups in total. The quantitative estimate of drug-likeness (QED) is 0.546. The van der Waals surface area contributed by atoms with E-state index in [0.29, 0.717) is 0 Å². The highest BCUT2D eigenvalue weighted by Gasteiger charge is 2.20. The second-order valence-electron chi connectivity index (χ2n) is 4.12. The Balaban J connectivity index is 1.91. The zero-order valence-electron chi connectivity index (χ0n) is 8.89. The van der Waals surface area contributed by atoms with Crippen LogP contribution in [-0.2, 0) is 6.42 Å². The van der Waals surface area contributed by atoms with Crippen molar-refractivity contribution in [1.29, 1.82) is 0 Å². The molecular weight excluding hydrogens is 211 g/mol. The molecule has 76 valence electrons. The fourth-order valence-electron chi connectivity index (χ4n) is 1.91. The topological polar surface area (TPSA) is 0 Å². The highest BCUT2D eigenvalue weighted by atomic mass is 32.1. The minimum absolute atomic E-state index is 0.239. The van der Waals surface area contributed by atoms with Crippen molar-refractivity contribution in [2.45, 2.75) is 12.2 Å². The lowest BCUT2D eigenvalue weighted by atomic mass is 9.93. The Morgan fingerprint density at radius 3 is 2.56 bits per heavy atom. The summed E-state index contributed by atoms with van der Waals surface area (Å²) < 4.78 is 0. The van der Waals surface area contributed by atoms with Crippen LogP contribution in [0.2, 0.25) is 5.82 Å². The average molecular weight is 222 g/mol. The number of hydrogen-bond donors (Lipinski definition) is 0. The largest absolute Gasteiger partial charge is 0.151 e. The van der Waals surface area contributed by atoms with E-state index >= 15 is 0 Å². The summed E-state index contributed by atoms with van der Waals surface area (Å²) in [5.41, 5.74) is 5.42. The minimum atomic E-state index is 0.239. The highest BCUT2D eigenvalue weighted by Crippen LogP contribution is 2.38. The fraction of sp³-hybridized carbons (Fsp3) is 0.143. The maximum atomic E-state index is 5.78. The third-order valence-corrected chi connectivity index (χ3v) is 3.73. The van der Waals surface area contributed by atoms with Gasteiger partial charge < -0.3 is 0 Å². The van der Waals surface area contributed by atoms with Crippen LogP contribution in [0.1, 0.15) is 5.56 Å². The molecule has 0 nitrogen and oxygen atoms in total. The normalized spacial score (nSPS) is 18.2. The summed E-state index contributed by atoms with van der Waals surface area (Å²) in [6.07, 6.45) is 3.14. The van der Waals surface area contributed by atoms with E-state index in [1.807, 2.05) is 0 Å². The molecule has 3 rings (SSSR count). The number of allylic oxidation sites excluding steroid dienone is 2. The van der Waals surface area contributed by atoms with Crippen LogP contribution in [0.25, 0.3) is 11.1 Å². The first-order valence-electron chi connectivity index (χ1n) is 5.41. The van der Waals surface area contributed by atoms with Crippen molar-refractivity contribution >= 4 is 19.2 Å². The van der Waals surface area contributed by atoms with Crippen molar-refractivity contribution in [3.05, 3.63) is 58.3 Å². The van der Waals surface area contributed by atoms with Gasteiger partial charge in [0.1, 0.15) is 0 Å². The Kier molecular flexibility index (Phi) is 2.45. The van der Waals surface area contributed by atoms with E-state index in [9.17, 15) is 0 Å². The highest BCUT2D eigenvalue weighted by molar-refractivity contribution is 7.08. The summed E-state index contributed by atoms with van der Waals surface area (Å²) in [5, 5.41) is 4.45. The van der Waals surface area contributed by atoms with Gasteiger partial charge in [-0.25, -0.2) is 0 Å². The van der Waals surface area contributed by atoms with Gasteiger partial charge in [0.25, 0.3) is 0 Å². The summed E-state index contributed by atoms with van der Waals surface area (Å²) in [6.45, 7) is 0. The molecule has 1 aromatic heterocycles. The smallest absolute Gasteiger partial charge is 0.0815 e. The molecule has 1 aromatic carbocycles. The number of rotatable bonds is 3. The number of benzene rings is 1. The Morgan fingerprint density at radius 1 is 1.12 bits per heavy atom. The van der Waals surface area contributed by atoms with Gasteiger partial charge in [0.2, 0.25) is 0 Å². The monoisotopic (exact) mass is 222 g/mol. The van der Waals surface area contributed by atoms with Crippen LogP contribution in [0, 0.1) is 0 Å². The van der Waals surface area contributed by atoms with E-state index in [0.717, 1.165) is 6.42 Å². The van der Waals surface area contributed by atoms with Crippen molar-refractivity contribution in [1.82, 2.24) is 0 Å². The van der Waals surface area contributed by atoms with Crippen LogP contribution in [0.4, 0.5) is 0 Å². The van der Waals surface area contributed by atoms with Gasteiger partial charge in [0, 0.05) is 0 Å². The summed E-state index contributed by atoms with van der Waals surface area (Å²) in [4.78, 5) is 0. The number of thiophene rings is 1. The molecule has 0 saturated heterocycles. The van der Waals surface area contributed by atoms with Gasteiger partial charge in [-0.1, -0.05) is 42.0 Å². The zero-order chi connectivity index (χ0) is 11.0. The Bertz CT molecular complexity index is 525. The molecule has 1 unspecified atom stereocenters. The summed E-state index contributed by atoms with van der Waals surface area (Å²) in [7, 11) is 5.78. The lowest BCUT2D eigenvalue weighted by Crippen LogP contribution is -1.85. The SMILES string of the molecule is [B]C1C=C1Cc1cscc1-c1ccccc1. The second kappa shape index (κ2) is 3.95. The Hall–Kier alpha value is -1.28. The van der Waals surface area contributed by atoms with E-state index in [2.05, 4.69) is 47.2 Å². The molecule has 1 aliphatic rings. The minimum Gasteiger partial charge on any atom is -0.151 e. The van der Waals surface area contributed by atoms with Gasteiger partial charge in [0.05, 0.1) is 7.85 Å². The van der Waals surface area contributed by atoms with Gasteiger partial charge in [-0.2, -0.15) is 11.3 Å². The van der Waals surface area contributed by atoms with Gasteiger partial charge in [-0.3, -0.25) is 0 Å². The molecule has 2 aromatic rings. The van der Waals surface area contributed by atoms with Gasteiger partial charge in [-0.05, 0) is 39.7 Å². The summed E-state index contributed by atoms with van der Waals surface area (Å²) in [6, 6.07) is 10.5. The molecule has 2 heteroatoms. The second-order valence-corrected chi connectivity index (χ2v) is 4.86. The van der Waals surface area contributed by atoms with E-state index in [-0.39, 0.29) is 5.82 Å². The van der Waals surface area contributed by atoms with Crippen LogP contribution in [-0.4, -0.2) is 7.85 Å². The van der Waals surface area contributed by atoms with Crippen LogP contribution >= 0.6 is 11.3 Å². The molecule has 1 heterocycles. The summed E-state index contributed by atoms with van der Waals surface area (Å²) in [5.74, 6) is 0.239. The van der Waals surface area contributed by atoms with Gasteiger partial charge in [-0.15, -0.1) is 0 Å². The molecule has 16 heavy (non-hydrogen) atoms. The molecule has 0 saturated carbocycles. The van der Waals surface area contributed by atoms with Crippen molar-refractivity contribution in [3.8, 4) is 11.1 Å². The summed E-state index contributed by atoms with van der Waals surface area (Å²) >= 11 is 1.76. The number of hydrogen-bond acceptors (Lipinski definition) is 1.